The minimum Gasteiger partial charge on any atom is -0.388 e. The Labute approximate surface area is 124 Å². The van der Waals surface area contributed by atoms with Gasteiger partial charge in [0.1, 0.15) is 9.88 Å². The highest BCUT2D eigenvalue weighted by Gasteiger charge is 2.28. The van der Waals surface area contributed by atoms with E-state index in [1.165, 1.54) is 22.6 Å². The normalized spacial score (nSPS) is 18.1. The summed E-state index contributed by atoms with van der Waals surface area (Å²) in [6, 6.07) is 3.04. The zero-order valence-electron chi connectivity index (χ0n) is 11.3. The zero-order chi connectivity index (χ0) is 14.8. The molecular weight excluding hydrogens is 296 g/mol. The third-order valence-corrected chi connectivity index (χ3v) is 5.50. The number of rotatable bonds is 4. The standard InChI is InChI=1S/C12H18N4O2S2/c1-2-15-5-7-16(8-6-15)20(17,18)10-3-4-11(12(13)19)14-9-10/h3-4,9H,2,5-8H2,1H3,(H2,13,19). The summed E-state index contributed by atoms with van der Waals surface area (Å²) in [4.78, 5) is 6.55. The molecule has 1 aliphatic rings. The van der Waals surface area contributed by atoms with Crippen molar-refractivity contribution < 1.29 is 8.42 Å². The third-order valence-electron chi connectivity index (χ3n) is 3.41. The second-order valence-corrected chi connectivity index (χ2v) is 6.96. The van der Waals surface area contributed by atoms with Crippen molar-refractivity contribution in [1.29, 1.82) is 0 Å². The Balaban J connectivity index is 2.16. The number of aromatic nitrogens is 1. The average Bonchev–Trinajstić information content (AvgIpc) is 2.47. The second-order valence-electron chi connectivity index (χ2n) is 4.58. The van der Waals surface area contributed by atoms with E-state index in [2.05, 4.69) is 16.8 Å². The molecule has 0 aliphatic carbocycles. The van der Waals surface area contributed by atoms with Crippen LogP contribution in [0.3, 0.4) is 0 Å². The Morgan fingerprint density at radius 3 is 2.45 bits per heavy atom. The lowest BCUT2D eigenvalue weighted by Gasteiger charge is -2.33. The molecule has 8 heteroatoms. The number of nitrogens with two attached hydrogens (primary N) is 1. The van der Waals surface area contributed by atoms with Crippen LogP contribution >= 0.6 is 12.2 Å². The van der Waals surface area contributed by atoms with Gasteiger partial charge in [-0.2, -0.15) is 4.31 Å². The van der Waals surface area contributed by atoms with E-state index in [-0.39, 0.29) is 9.88 Å². The molecule has 1 fully saturated rings. The molecule has 0 saturated carbocycles. The van der Waals surface area contributed by atoms with Crippen molar-refractivity contribution in [3.05, 3.63) is 24.0 Å². The number of sulfonamides is 1. The van der Waals surface area contributed by atoms with Crippen LogP contribution in [0.4, 0.5) is 0 Å². The summed E-state index contributed by atoms with van der Waals surface area (Å²) in [5, 5.41) is 0. The Kier molecular flexibility index (Phi) is 4.69. The molecule has 0 unspecified atom stereocenters. The summed E-state index contributed by atoms with van der Waals surface area (Å²) in [5.41, 5.74) is 5.88. The van der Waals surface area contributed by atoms with Crippen LogP contribution in [-0.2, 0) is 10.0 Å². The number of thiocarbonyl (C=S) groups is 1. The Morgan fingerprint density at radius 1 is 1.35 bits per heavy atom. The van der Waals surface area contributed by atoms with E-state index < -0.39 is 10.0 Å². The predicted molar refractivity (Wildman–Crippen MR) is 81.0 cm³/mol. The minimum absolute atomic E-state index is 0.158. The lowest BCUT2D eigenvalue weighted by atomic mass is 10.3. The first kappa shape index (κ1) is 15.3. The number of pyridine rings is 1. The Bertz CT molecular complexity index is 578. The smallest absolute Gasteiger partial charge is 0.244 e. The molecule has 2 N–H and O–H groups in total. The lowest BCUT2D eigenvalue weighted by Crippen LogP contribution is -2.48. The fourth-order valence-corrected chi connectivity index (χ4v) is 3.60. The molecule has 2 heterocycles. The summed E-state index contributed by atoms with van der Waals surface area (Å²) in [6.45, 7) is 5.54. The van der Waals surface area contributed by atoms with E-state index in [0.29, 0.717) is 18.8 Å². The molecule has 2 rings (SSSR count). The predicted octanol–water partition coefficient (Wildman–Crippen LogP) is 0.0420. The Morgan fingerprint density at radius 2 is 2.00 bits per heavy atom. The summed E-state index contributed by atoms with van der Waals surface area (Å²) >= 11 is 4.80. The molecular formula is C12H18N4O2S2. The van der Waals surface area contributed by atoms with E-state index in [1.54, 1.807) is 0 Å². The first-order valence-electron chi connectivity index (χ1n) is 6.43. The fraction of sp³-hybridized carbons (Fsp3) is 0.500. The third kappa shape index (κ3) is 3.14. The molecule has 0 spiro atoms. The molecule has 0 radical (unpaired) electrons. The quantitative estimate of drug-likeness (QED) is 0.791. The first-order valence-corrected chi connectivity index (χ1v) is 8.28. The number of hydrogen-bond donors (Lipinski definition) is 1. The van der Waals surface area contributed by atoms with Crippen molar-refractivity contribution >= 4 is 27.2 Å². The molecule has 1 aromatic rings. The topological polar surface area (TPSA) is 79.5 Å². The maximum Gasteiger partial charge on any atom is 0.244 e. The SMILES string of the molecule is CCN1CCN(S(=O)(=O)c2ccc(C(N)=S)nc2)CC1. The van der Waals surface area contributed by atoms with Gasteiger partial charge in [0, 0.05) is 32.4 Å². The van der Waals surface area contributed by atoms with Crippen LogP contribution < -0.4 is 5.73 Å². The highest BCUT2D eigenvalue weighted by atomic mass is 32.2. The average molecular weight is 314 g/mol. The molecule has 0 aromatic carbocycles. The van der Waals surface area contributed by atoms with Gasteiger partial charge >= 0.3 is 0 Å². The number of piperazine rings is 1. The minimum atomic E-state index is -3.48. The van der Waals surface area contributed by atoms with Gasteiger partial charge in [-0.3, -0.25) is 4.98 Å². The van der Waals surface area contributed by atoms with Gasteiger partial charge in [0.2, 0.25) is 10.0 Å². The van der Waals surface area contributed by atoms with Crippen molar-refractivity contribution in [2.45, 2.75) is 11.8 Å². The second kappa shape index (κ2) is 6.13. The molecule has 110 valence electrons. The van der Waals surface area contributed by atoms with Crippen LogP contribution in [0, 0.1) is 0 Å². The molecule has 0 bridgehead atoms. The van der Waals surface area contributed by atoms with Crippen molar-refractivity contribution in [1.82, 2.24) is 14.2 Å². The summed E-state index contributed by atoms with van der Waals surface area (Å²) < 4.78 is 26.4. The van der Waals surface area contributed by atoms with E-state index >= 15 is 0 Å². The van der Waals surface area contributed by atoms with Crippen LogP contribution in [0.5, 0.6) is 0 Å². The van der Waals surface area contributed by atoms with Gasteiger partial charge in [-0.1, -0.05) is 19.1 Å². The number of likely N-dealkylation sites (N-methyl/N-ethyl adjacent to an activating group) is 1. The zero-order valence-corrected chi connectivity index (χ0v) is 13.0. The van der Waals surface area contributed by atoms with Gasteiger partial charge in [0.25, 0.3) is 0 Å². The molecule has 1 aromatic heterocycles. The number of nitrogens with zero attached hydrogens (tertiary/aromatic N) is 3. The monoisotopic (exact) mass is 314 g/mol. The summed E-state index contributed by atoms with van der Waals surface area (Å²) in [7, 11) is -3.48. The van der Waals surface area contributed by atoms with Gasteiger partial charge in [-0.15, -0.1) is 0 Å². The van der Waals surface area contributed by atoms with Gasteiger partial charge in [0.15, 0.2) is 0 Å². The molecule has 1 saturated heterocycles. The highest BCUT2D eigenvalue weighted by Crippen LogP contribution is 2.17. The molecule has 0 atom stereocenters. The van der Waals surface area contributed by atoms with Crippen molar-refractivity contribution in [3.8, 4) is 0 Å². The molecule has 1 aliphatic heterocycles. The van der Waals surface area contributed by atoms with Crippen LogP contribution in [0.25, 0.3) is 0 Å². The van der Waals surface area contributed by atoms with Crippen molar-refractivity contribution in [3.63, 3.8) is 0 Å². The van der Waals surface area contributed by atoms with Crippen LogP contribution in [0.2, 0.25) is 0 Å². The van der Waals surface area contributed by atoms with E-state index in [1.807, 2.05) is 0 Å². The van der Waals surface area contributed by atoms with Gasteiger partial charge in [-0.05, 0) is 18.7 Å². The lowest BCUT2D eigenvalue weighted by molar-refractivity contribution is 0.196. The van der Waals surface area contributed by atoms with Gasteiger partial charge in [0.05, 0.1) is 5.69 Å². The summed E-state index contributed by atoms with van der Waals surface area (Å²) in [5.74, 6) is 0. The maximum atomic E-state index is 12.5. The summed E-state index contributed by atoms with van der Waals surface area (Å²) in [6.07, 6.45) is 1.32. The largest absolute Gasteiger partial charge is 0.388 e. The Hall–Kier alpha value is -1.09. The van der Waals surface area contributed by atoms with Crippen LogP contribution in [0.1, 0.15) is 12.6 Å². The van der Waals surface area contributed by atoms with E-state index in [4.69, 9.17) is 18.0 Å². The van der Waals surface area contributed by atoms with E-state index in [9.17, 15) is 8.42 Å². The molecule has 20 heavy (non-hydrogen) atoms. The maximum absolute atomic E-state index is 12.5. The molecule has 6 nitrogen and oxygen atoms in total. The first-order chi connectivity index (χ1) is 9.45. The van der Waals surface area contributed by atoms with Crippen LogP contribution in [-0.4, -0.2) is 60.3 Å². The van der Waals surface area contributed by atoms with E-state index in [0.717, 1.165) is 19.6 Å². The van der Waals surface area contributed by atoms with Gasteiger partial charge < -0.3 is 10.6 Å². The van der Waals surface area contributed by atoms with Crippen molar-refractivity contribution in [2.24, 2.45) is 5.73 Å². The van der Waals surface area contributed by atoms with Gasteiger partial charge in [-0.25, -0.2) is 8.42 Å². The number of hydrogen-bond acceptors (Lipinski definition) is 5. The van der Waals surface area contributed by atoms with Crippen LogP contribution in [0.15, 0.2) is 23.2 Å². The molecule has 0 amide bonds. The van der Waals surface area contributed by atoms with Crippen molar-refractivity contribution in [2.75, 3.05) is 32.7 Å². The highest BCUT2D eigenvalue weighted by molar-refractivity contribution is 7.89. The fourth-order valence-electron chi connectivity index (χ4n) is 2.11.